The molecule has 24 heavy (non-hydrogen) atoms. The van der Waals surface area contributed by atoms with Crippen molar-refractivity contribution >= 4 is 51.8 Å². The zero-order chi connectivity index (χ0) is 16.7. The van der Waals surface area contributed by atoms with Crippen LogP contribution in [0, 0.1) is 0 Å². The van der Waals surface area contributed by atoms with Gasteiger partial charge in [0.05, 0.1) is 22.1 Å². The molecule has 1 aliphatic heterocycles. The molecule has 0 saturated carbocycles. The summed E-state index contributed by atoms with van der Waals surface area (Å²) in [6.45, 7) is 0.730. The van der Waals surface area contributed by atoms with E-state index in [0.717, 1.165) is 19.4 Å². The number of nitrogen functional groups attached to an aromatic ring is 1. The van der Waals surface area contributed by atoms with E-state index in [2.05, 4.69) is 20.3 Å². The summed E-state index contributed by atoms with van der Waals surface area (Å²) in [6.07, 6.45) is 3.54. The lowest BCUT2D eigenvalue weighted by Gasteiger charge is -2.13. The van der Waals surface area contributed by atoms with Gasteiger partial charge in [-0.3, -0.25) is 4.57 Å². The summed E-state index contributed by atoms with van der Waals surface area (Å²) in [6, 6.07) is 5.31. The van der Waals surface area contributed by atoms with Gasteiger partial charge in [-0.05, 0) is 25.0 Å². The molecule has 1 unspecified atom stereocenters. The van der Waals surface area contributed by atoms with Crippen molar-refractivity contribution in [3.05, 3.63) is 34.6 Å². The van der Waals surface area contributed by atoms with Crippen LogP contribution < -0.4 is 11.1 Å². The standard InChI is InChI=1S/C15H14Cl2N6O/c16-8-3-1-4-9(11(8)17)20-13-12-14(22-15(18)21-13)23(7-19-12)10-5-2-6-24-10/h1,3-4,7,10H,2,5-6H2,(H3,18,20,21,22). The molecular formula is C15H14Cl2N6O. The Balaban J connectivity index is 1.79. The number of anilines is 3. The van der Waals surface area contributed by atoms with Crippen LogP contribution in [0.3, 0.4) is 0 Å². The minimum absolute atomic E-state index is 0.0769. The van der Waals surface area contributed by atoms with Crippen LogP contribution in [0.2, 0.25) is 10.0 Å². The van der Waals surface area contributed by atoms with Gasteiger partial charge >= 0.3 is 0 Å². The zero-order valence-electron chi connectivity index (χ0n) is 12.5. The Hall–Kier alpha value is -2.09. The summed E-state index contributed by atoms with van der Waals surface area (Å²) in [7, 11) is 0. The summed E-state index contributed by atoms with van der Waals surface area (Å²) >= 11 is 12.3. The van der Waals surface area contributed by atoms with Crippen molar-refractivity contribution < 1.29 is 4.74 Å². The Kier molecular flexibility index (Phi) is 3.91. The number of aromatic nitrogens is 4. The lowest BCUT2D eigenvalue weighted by Crippen LogP contribution is -2.08. The minimum atomic E-state index is -0.0769. The van der Waals surface area contributed by atoms with E-state index >= 15 is 0 Å². The number of nitrogens with one attached hydrogen (secondary N) is 1. The summed E-state index contributed by atoms with van der Waals surface area (Å²) in [5, 5.41) is 3.99. The lowest BCUT2D eigenvalue weighted by molar-refractivity contribution is 0.0593. The average Bonchev–Trinajstić information content (AvgIpc) is 3.20. The van der Waals surface area contributed by atoms with Gasteiger partial charge in [0.15, 0.2) is 17.0 Å². The maximum atomic E-state index is 6.23. The number of nitrogens with zero attached hydrogens (tertiary/aromatic N) is 4. The summed E-state index contributed by atoms with van der Waals surface area (Å²) in [5.41, 5.74) is 7.70. The first-order chi connectivity index (χ1) is 11.6. The van der Waals surface area contributed by atoms with Crippen LogP contribution in [-0.2, 0) is 4.74 Å². The van der Waals surface area contributed by atoms with Crippen LogP contribution in [0.1, 0.15) is 19.1 Å². The second-order valence-corrected chi connectivity index (χ2v) is 6.23. The molecular weight excluding hydrogens is 351 g/mol. The fourth-order valence-corrected chi connectivity index (χ4v) is 3.09. The fourth-order valence-electron chi connectivity index (χ4n) is 2.74. The van der Waals surface area contributed by atoms with E-state index in [1.807, 2.05) is 4.57 Å². The quantitative estimate of drug-likeness (QED) is 0.734. The molecule has 1 aromatic carbocycles. The number of imidazole rings is 1. The summed E-state index contributed by atoms with van der Waals surface area (Å²) in [4.78, 5) is 13.0. The maximum Gasteiger partial charge on any atom is 0.224 e. The van der Waals surface area contributed by atoms with Crippen molar-refractivity contribution in [3.8, 4) is 0 Å². The smallest absolute Gasteiger partial charge is 0.224 e. The molecule has 2 aromatic heterocycles. The third kappa shape index (κ3) is 2.64. The average molecular weight is 365 g/mol. The molecule has 1 atom stereocenters. The van der Waals surface area contributed by atoms with Crippen molar-refractivity contribution in [2.75, 3.05) is 17.7 Å². The van der Waals surface area contributed by atoms with E-state index in [0.29, 0.717) is 32.7 Å². The van der Waals surface area contributed by atoms with Crippen molar-refractivity contribution in [3.63, 3.8) is 0 Å². The molecule has 0 aliphatic carbocycles. The largest absolute Gasteiger partial charge is 0.368 e. The predicted molar refractivity (Wildman–Crippen MR) is 93.7 cm³/mol. The van der Waals surface area contributed by atoms with E-state index in [9.17, 15) is 0 Å². The number of nitrogens with two attached hydrogens (primary N) is 1. The van der Waals surface area contributed by atoms with E-state index in [4.69, 9.17) is 33.7 Å². The van der Waals surface area contributed by atoms with Crippen LogP contribution in [0.25, 0.3) is 11.2 Å². The van der Waals surface area contributed by atoms with Gasteiger partial charge in [-0.25, -0.2) is 4.98 Å². The number of hydrogen-bond donors (Lipinski definition) is 2. The number of fused-ring (bicyclic) bond motifs is 1. The number of ether oxygens (including phenoxy) is 1. The Labute approximate surface area is 147 Å². The summed E-state index contributed by atoms with van der Waals surface area (Å²) in [5.74, 6) is 0.612. The SMILES string of the molecule is Nc1nc(Nc2cccc(Cl)c2Cl)c2ncn(C3CCCO3)c2n1. The van der Waals surface area contributed by atoms with Gasteiger partial charge in [-0.1, -0.05) is 29.3 Å². The van der Waals surface area contributed by atoms with Gasteiger partial charge in [0.25, 0.3) is 0 Å². The van der Waals surface area contributed by atoms with Gasteiger partial charge in [0.1, 0.15) is 6.23 Å². The van der Waals surface area contributed by atoms with Crippen LogP contribution >= 0.6 is 23.2 Å². The molecule has 3 heterocycles. The Morgan fingerprint density at radius 2 is 2.17 bits per heavy atom. The highest BCUT2D eigenvalue weighted by Crippen LogP contribution is 2.34. The van der Waals surface area contributed by atoms with E-state index in [1.165, 1.54) is 0 Å². The van der Waals surface area contributed by atoms with Gasteiger partial charge in [-0.2, -0.15) is 9.97 Å². The number of benzene rings is 1. The molecule has 1 aliphatic rings. The molecule has 0 bridgehead atoms. The lowest BCUT2D eigenvalue weighted by atomic mass is 10.3. The van der Waals surface area contributed by atoms with E-state index < -0.39 is 0 Å². The predicted octanol–water partition coefficient (Wildman–Crippen LogP) is 3.77. The monoisotopic (exact) mass is 364 g/mol. The molecule has 0 amide bonds. The van der Waals surface area contributed by atoms with E-state index in [-0.39, 0.29) is 12.2 Å². The molecule has 0 radical (unpaired) electrons. The van der Waals surface area contributed by atoms with Crippen LogP contribution in [0.4, 0.5) is 17.5 Å². The molecule has 0 spiro atoms. The number of rotatable bonds is 3. The molecule has 1 saturated heterocycles. The molecule has 4 rings (SSSR count). The topological polar surface area (TPSA) is 90.9 Å². The minimum Gasteiger partial charge on any atom is -0.368 e. The van der Waals surface area contributed by atoms with Crippen LogP contribution in [-0.4, -0.2) is 26.1 Å². The highest BCUT2D eigenvalue weighted by atomic mass is 35.5. The van der Waals surface area contributed by atoms with Crippen molar-refractivity contribution in [1.82, 2.24) is 19.5 Å². The molecule has 9 heteroatoms. The second-order valence-electron chi connectivity index (χ2n) is 5.45. The van der Waals surface area contributed by atoms with Crippen LogP contribution in [0.5, 0.6) is 0 Å². The highest BCUT2D eigenvalue weighted by Gasteiger charge is 2.22. The van der Waals surface area contributed by atoms with Crippen molar-refractivity contribution in [2.45, 2.75) is 19.1 Å². The molecule has 124 valence electrons. The molecule has 1 fully saturated rings. The van der Waals surface area contributed by atoms with Gasteiger partial charge in [-0.15, -0.1) is 0 Å². The zero-order valence-corrected chi connectivity index (χ0v) is 14.1. The van der Waals surface area contributed by atoms with Gasteiger partial charge < -0.3 is 15.8 Å². The van der Waals surface area contributed by atoms with Crippen molar-refractivity contribution in [1.29, 1.82) is 0 Å². The Bertz CT molecular complexity index is 906. The molecule has 3 N–H and O–H groups in total. The first-order valence-electron chi connectivity index (χ1n) is 7.46. The third-order valence-corrected chi connectivity index (χ3v) is 4.68. The second kappa shape index (κ2) is 6.08. The normalized spacial score (nSPS) is 17.5. The maximum absolute atomic E-state index is 6.23. The number of halogens is 2. The Morgan fingerprint density at radius 3 is 2.96 bits per heavy atom. The van der Waals surface area contributed by atoms with Gasteiger partial charge in [0.2, 0.25) is 5.95 Å². The third-order valence-electron chi connectivity index (χ3n) is 3.86. The molecule has 3 aromatic rings. The van der Waals surface area contributed by atoms with Crippen LogP contribution in [0.15, 0.2) is 24.5 Å². The Morgan fingerprint density at radius 1 is 1.29 bits per heavy atom. The number of hydrogen-bond acceptors (Lipinski definition) is 6. The first-order valence-corrected chi connectivity index (χ1v) is 8.22. The van der Waals surface area contributed by atoms with E-state index in [1.54, 1.807) is 24.5 Å². The fraction of sp³-hybridized carbons (Fsp3) is 0.267. The first kappa shape index (κ1) is 15.4. The highest BCUT2D eigenvalue weighted by molar-refractivity contribution is 6.43. The van der Waals surface area contributed by atoms with Crippen molar-refractivity contribution in [2.24, 2.45) is 0 Å². The summed E-state index contributed by atoms with van der Waals surface area (Å²) < 4.78 is 7.58. The van der Waals surface area contributed by atoms with Gasteiger partial charge in [0, 0.05) is 6.61 Å². The molecule has 7 nitrogen and oxygen atoms in total.